The van der Waals surface area contributed by atoms with Crippen LogP contribution in [-0.4, -0.2) is 39.6 Å². The molecule has 1 heterocycles. The number of ether oxygens (including phenoxy) is 2. The molecule has 2 aromatic carbocycles. The van der Waals surface area contributed by atoms with Gasteiger partial charge < -0.3 is 18.5 Å². The van der Waals surface area contributed by atoms with E-state index in [0.29, 0.717) is 27.8 Å². The van der Waals surface area contributed by atoms with Crippen LogP contribution < -0.4 is 10.2 Å². The number of methoxy groups -OCH3 is 1. The van der Waals surface area contributed by atoms with E-state index >= 15 is 0 Å². The van der Waals surface area contributed by atoms with Crippen molar-refractivity contribution in [2.45, 2.75) is 78.5 Å². The lowest BCUT2D eigenvalue weighted by Gasteiger charge is -2.41. The van der Waals surface area contributed by atoms with E-state index in [4.69, 9.17) is 25.5 Å². The smallest absolute Gasteiger partial charge is 0.343 e. The minimum absolute atomic E-state index is 0.0185. The van der Waals surface area contributed by atoms with E-state index in [1.165, 1.54) is 13.2 Å². The third-order valence-corrected chi connectivity index (χ3v) is 8.91. The van der Waals surface area contributed by atoms with Crippen molar-refractivity contribution in [1.29, 1.82) is 0 Å². The van der Waals surface area contributed by atoms with Crippen LogP contribution in [0.4, 0.5) is 4.39 Å². The van der Waals surface area contributed by atoms with Gasteiger partial charge in [0.25, 0.3) is 0 Å². The SMILES string of the molecule is CCOC(=O)c1cn([C@@H](C(C)C)C(C)(C)O[SiH2]C(C)(C)C)c2cc(OC)c(Cc3cccc(Cl)c3F)cc2c1=O. The van der Waals surface area contributed by atoms with Crippen molar-refractivity contribution in [1.82, 2.24) is 4.57 Å². The van der Waals surface area contributed by atoms with Crippen LogP contribution in [0, 0.1) is 11.7 Å². The van der Waals surface area contributed by atoms with E-state index in [-0.39, 0.29) is 40.6 Å². The molecule has 0 radical (unpaired) electrons. The van der Waals surface area contributed by atoms with Crippen molar-refractivity contribution in [2.24, 2.45) is 5.92 Å². The van der Waals surface area contributed by atoms with Crippen LogP contribution in [0.2, 0.25) is 10.1 Å². The number of carbonyl (C=O) groups is 1. The zero-order chi connectivity index (χ0) is 30.0. The molecule has 0 amide bonds. The predicted molar refractivity (Wildman–Crippen MR) is 162 cm³/mol. The summed E-state index contributed by atoms with van der Waals surface area (Å²) >= 11 is 6.02. The standard InChI is InChI=1S/C31H41ClFNO5Si/c1-10-38-29(36)22-17-34(28(18(2)3)31(7,8)39-40-30(4,5)6)24-16-25(37-9)20(15-21(24)27(22)35)14-19-12-11-13-23(32)26(19)33/h11-13,15-18,28H,10,14,40H2,1-9H3/t28-/m0/s1. The maximum Gasteiger partial charge on any atom is 0.343 e. The molecule has 0 aliphatic rings. The Morgan fingerprint density at radius 3 is 2.38 bits per heavy atom. The molecule has 0 unspecified atom stereocenters. The van der Waals surface area contributed by atoms with E-state index in [1.54, 1.807) is 37.4 Å². The summed E-state index contributed by atoms with van der Waals surface area (Å²) in [4.78, 5) is 26.7. The fourth-order valence-electron chi connectivity index (χ4n) is 5.17. The molecule has 0 aliphatic heterocycles. The van der Waals surface area contributed by atoms with Crippen LogP contribution in [0.5, 0.6) is 5.75 Å². The molecule has 218 valence electrons. The molecule has 1 atom stereocenters. The number of halogens is 2. The van der Waals surface area contributed by atoms with Crippen molar-refractivity contribution in [2.75, 3.05) is 13.7 Å². The molecular weight excluding hydrogens is 549 g/mol. The van der Waals surface area contributed by atoms with Gasteiger partial charge in [-0.2, -0.15) is 0 Å². The van der Waals surface area contributed by atoms with Gasteiger partial charge in [0.15, 0.2) is 9.76 Å². The third kappa shape index (κ3) is 6.96. The first-order chi connectivity index (χ1) is 18.6. The number of aromatic nitrogens is 1. The van der Waals surface area contributed by atoms with Crippen LogP contribution in [0.15, 0.2) is 41.3 Å². The number of nitrogens with zero attached hydrogens (tertiary/aromatic N) is 1. The first-order valence-electron chi connectivity index (χ1n) is 13.6. The number of hydrogen-bond donors (Lipinski definition) is 0. The highest BCUT2D eigenvalue weighted by molar-refractivity contribution is 6.32. The molecular formula is C31H41ClFNO5Si. The molecule has 3 rings (SSSR count). The molecule has 3 aromatic rings. The second kappa shape index (κ2) is 12.5. The highest BCUT2D eigenvalue weighted by Crippen LogP contribution is 2.38. The van der Waals surface area contributed by atoms with E-state index in [0.717, 1.165) is 0 Å². The van der Waals surface area contributed by atoms with Crippen LogP contribution in [-0.2, 0) is 15.6 Å². The minimum Gasteiger partial charge on any atom is -0.496 e. The van der Waals surface area contributed by atoms with Gasteiger partial charge in [0.1, 0.15) is 17.1 Å². The van der Waals surface area contributed by atoms with Crippen molar-refractivity contribution < 1.29 is 23.1 Å². The van der Waals surface area contributed by atoms with Gasteiger partial charge in [-0.3, -0.25) is 4.79 Å². The predicted octanol–water partition coefficient (Wildman–Crippen LogP) is 6.86. The quantitative estimate of drug-likeness (QED) is 0.191. The maximum absolute atomic E-state index is 14.8. The fraction of sp³-hybridized carbons (Fsp3) is 0.484. The average molecular weight is 590 g/mol. The summed E-state index contributed by atoms with van der Waals surface area (Å²) in [6.07, 6.45) is 1.74. The van der Waals surface area contributed by atoms with Gasteiger partial charge in [0.05, 0.1) is 35.9 Å². The number of rotatable bonds is 10. The summed E-state index contributed by atoms with van der Waals surface area (Å²) < 4.78 is 34.4. The molecule has 6 nitrogen and oxygen atoms in total. The van der Waals surface area contributed by atoms with Crippen molar-refractivity contribution in [3.05, 3.63) is 74.3 Å². The third-order valence-electron chi connectivity index (χ3n) is 6.86. The number of benzene rings is 2. The number of hydrogen-bond acceptors (Lipinski definition) is 5. The Kier molecular flexibility index (Phi) is 9.91. The Balaban J connectivity index is 2.34. The second-order valence-corrected chi connectivity index (χ2v) is 15.3. The van der Waals surface area contributed by atoms with E-state index in [9.17, 15) is 14.0 Å². The van der Waals surface area contributed by atoms with Crippen LogP contribution in [0.3, 0.4) is 0 Å². The zero-order valence-corrected chi connectivity index (χ0v) is 27.2. The summed E-state index contributed by atoms with van der Waals surface area (Å²) in [6, 6.07) is 8.05. The Hall–Kier alpha value is -2.68. The molecule has 0 aliphatic carbocycles. The van der Waals surface area contributed by atoms with E-state index < -0.39 is 32.6 Å². The molecule has 0 bridgehead atoms. The monoisotopic (exact) mass is 589 g/mol. The average Bonchev–Trinajstić information content (AvgIpc) is 2.86. The normalized spacial score (nSPS) is 13.4. The molecule has 0 fully saturated rings. The second-order valence-electron chi connectivity index (χ2n) is 12.2. The van der Waals surface area contributed by atoms with Gasteiger partial charge in [-0.05, 0) is 55.0 Å². The lowest BCUT2D eigenvalue weighted by molar-refractivity contribution is 0.0287. The highest BCUT2D eigenvalue weighted by Gasteiger charge is 2.36. The molecule has 9 heteroatoms. The molecule has 0 saturated carbocycles. The number of carbonyl (C=O) groups excluding carboxylic acids is 1. The number of esters is 1. The van der Waals surface area contributed by atoms with Crippen molar-refractivity contribution >= 4 is 38.2 Å². The van der Waals surface area contributed by atoms with Crippen LogP contribution >= 0.6 is 11.6 Å². The fourth-order valence-corrected chi connectivity index (χ4v) is 6.34. The van der Waals surface area contributed by atoms with E-state index in [2.05, 4.69) is 48.5 Å². The maximum atomic E-state index is 14.8. The first kappa shape index (κ1) is 31.8. The molecule has 0 spiro atoms. The summed E-state index contributed by atoms with van der Waals surface area (Å²) in [5.41, 5.74) is 0.431. The molecule has 0 saturated heterocycles. The lowest BCUT2D eigenvalue weighted by Crippen LogP contribution is -2.42. The van der Waals surface area contributed by atoms with Gasteiger partial charge in [0, 0.05) is 24.1 Å². The van der Waals surface area contributed by atoms with Crippen LogP contribution in [0.25, 0.3) is 10.9 Å². The van der Waals surface area contributed by atoms with E-state index in [1.807, 2.05) is 4.57 Å². The lowest BCUT2D eigenvalue weighted by atomic mass is 9.88. The summed E-state index contributed by atoms with van der Waals surface area (Å²) in [5, 5.41) is 0.414. The molecule has 40 heavy (non-hydrogen) atoms. The number of pyridine rings is 1. The van der Waals surface area contributed by atoms with Crippen molar-refractivity contribution in [3.8, 4) is 5.75 Å². The Labute approximate surface area is 243 Å². The Bertz CT molecular complexity index is 1440. The Morgan fingerprint density at radius 2 is 1.80 bits per heavy atom. The minimum atomic E-state index is -0.924. The van der Waals surface area contributed by atoms with Gasteiger partial charge in [-0.15, -0.1) is 0 Å². The zero-order valence-electron chi connectivity index (χ0n) is 25.0. The number of fused-ring (bicyclic) bond motifs is 1. The van der Waals surface area contributed by atoms with Gasteiger partial charge in [-0.1, -0.05) is 58.4 Å². The summed E-state index contributed by atoms with van der Waals surface area (Å²) in [6.45, 7) is 16.6. The van der Waals surface area contributed by atoms with Gasteiger partial charge >= 0.3 is 5.97 Å². The van der Waals surface area contributed by atoms with Gasteiger partial charge in [-0.25, -0.2) is 9.18 Å². The topological polar surface area (TPSA) is 66.8 Å². The summed E-state index contributed by atoms with van der Waals surface area (Å²) in [7, 11) is 0.614. The van der Waals surface area contributed by atoms with Gasteiger partial charge in [0.2, 0.25) is 5.43 Å². The first-order valence-corrected chi connectivity index (χ1v) is 15.3. The largest absolute Gasteiger partial charge is 0.496 e. The molecule has 1 aromatic heterocycles. The highest BCUT2D eigenvalue weighted by atomic mass is 35.5. The summed E-state index contributed by atoms with van der Waals surface area (Å²) in [5.74, 6) is -0.636. The van der Waals surface area contributed by atoms with Crippen LogP contribution in [0.1, 0.15) is 82.9 Å². The Morgan fingerprint density at radius 1 is 1.12 bits per heavy atom. The van der Waals surface area contributed by atoms with Crippen molar-refractivity contribution in [3.63, 3.8) is 0 Å². The molecule has 0 N–H and O–H groups in total.